The summed E-state index contributed by atoms with van der Waals surface area (Å²) in [5, 5.41) is 0. The molecule has 1 saturated heterocycles. The van der Waals surface area contributed by atoms with Crippen LogP contribution >= 0.6 is 0 Å². The van der Waals surface area contributed by atoms with Gasteiger partial charge in [-0.1, -0.05) is 6.92 Å². The minimum absolute atomic E-state index is 0. The van der Waals surface area contributed by atoms with E-state index in [1.54, 1.807) is 0 Å². The average molecular weight is 272 g/mol. The Morgan fingerprint density at radius 1 is 1.43 bits per heavy atom. The predicted octanol–water partition coefficient (Wildman–Crippen LogP) is 1.32. The van der Waals surface area contributed by atoms with Crippen LogP contribution in [0.4, 0.5) is 0 Å². The Morgan fingerprint density at radius 3 is 2.50 bits per heavy atom. The van der Waals surface area contributed by atoms with E-state index in [9.17, 15) is 4.79 Å². The third-order valence-electron chi connectivity index (χ3n) is 2.83. The van der Waals surface area contributed by atoms with Crippen molar-refractivity contribution in [1.29, 1.82) is 0 Å². The van der Waals surface area contributed by atoms with E-state index in [1.165, 1.54) is 0 Å². The van der Waals surface area contributed by atoms with Gasteiger partial charge in [0.05, 0.1) is 13.2 Å². The normalized spacial score (nSPS) is 30.6. The van der Waals surface area contributed by atoms with Crippen LogP contribution in [0.2, 0.25) is 0 Å². The van der Waals surface area contributed by atoms with Crippen LogP contribution < -0.4 is 0 Å². The average Bonchev–Trinajstić information content (AvgIpc) is 2.49. The van der Waals surface area contributed by atoms with Gasteiger partial charge >= 0.3 is 0 Å². The fourth-order valence-electron chi connectivity index (χ4n) is 2.26. The van der Waals surface area contributed by atoms with Crippen LogP contribution in [0, 0.1) is 11.8 Å². The molecule has 1 heterocycles. The van der Waals surface area contributed by atoms with E-state index in [-0.39, 0.29) is 44.4 Å². The van der Waals surface area contributed by atoms with E-state index >= 15 is 0 Å². The second-order valence-electron chi connectivity index (χ2n) is 4.03. The van der Waals surface area contributed by atoms with E-state index in [2.05, 4.69) is 0 Å². The molecule has 2 fully saturated rings. The molecule has 3 nitrogen and oxygen atoms in total. The molecule has 0 aromatic carbocycles. The van der Waals surface area contributed by atoms with Gasteiger partial charge < -0.3 is 20.2 Å². The molecule has 14 heavy (non-hydrogen) atoms. The number of carbonyl (C=O) groups excluding carboxylic acids is 1. The first-order chi connectivity index (χ1) is 6.13. The number of hydrogen-bond donors (Lipinski definition) is 0. The Balaban J connectivity index is 0.000000980. The van der Waals surface area contributed by atoms with Crippen molar-refractivity contribution in [1.82, 2.24) is 0 Å². The minimum atomic E-state index is -0.461. The van der Waals surface area contributed by atoms with Gasteiger partial charge in [0, 0.05) is 44.9 Å². The van der Waals surface area contributed by atoms with Gasteiger partial charge in [-0.3, -0.25) is 0 Å². The van der Waals surface area contributed by atoms with Gasteiger partial charge in [0.1, 0.15) is 5.79 Å². The van der Waals surface area contributed by atoms with Gasteiger partial charge in [-0.2, -0.15) is 6.92 Å². The Bertz CT molecular complexity index is 207. The van der Waals surface area contributed by atoms with Crippen LogP contribution in [0.5, 0.6) is 0 Å². The molecule has 0 aromatic rings. The second kappa shape index (κ2) is 4.60. The molecule has 1 unspecified atom stereocenters. The molecule has 0 aromatic heterocycles. The molecule has 2 rings (SSSR count). The van der Waals surface area contributed by atoms with Crippen molar-refractivity contribution < 1.29 is 47.0 Å². The summed E-state index contributed by atoms with van der Waals surface area (Å²) in [6, 6.07) is 0. The maximum Gasteiger partial charge on any atom is 0.145 e. The van der Waals surface area contributed by atoms with Crippen molar-refractivity contribution in [2.75, 3.05) is 13.2 Å². The Kier molecular flexibility index (Phi) is 4.15. The van der Waals surface area contributed by atoms with E-state index in [0.29, 0.717) is 26.1 Å². The molecule has 1 aliphatic carbocycles. The van der Waals surface area contributed by atoms with Gasteiger partial charge in [-0.15, -0.1) is 6.42 Å². The third kappa shape index (κ3) is 2.21. The zero-order valence-corrected chi connectivity index (χ0v) is 11.5. The molecule has 1 atom stereocenters. The first kappa shape index (κ1) is 12.6. The fraction of sp³-hybridized carbons (Fsp3) is 0.800. The van der Waals surface area contributed by atoms with Crippen LogP contribution in [0.15, 0.2) is 0 Å². The summed E-state index contributed by atoms with van der Waals surface area (Å²) in [4.78, 5) is 11.5. The number of Topliss-reactive ketones (excluding diaryl/α,β-unsaturated/α-hetero) is 1. The van der Waals surface area contributed by atoms with Crippen molar-refractivity contribution in [2.24, 2.45) is 5.92 Å². The fourth-order valence-corrected chi connectivity index (χ4v) is 2.26. The first-order valence-electron chi connectivity index (χ1n) is 4.77. The molecule has 1 radical (unpaired) electrons. The third-order valence-corrected chi connectivity index (χ3v) is 2.83. The number of rotatable bonds is 0. The van der Waals surface area contributed by atoms with Crippen LogP contribution in [-0.2, 0) is 47.0 Å². The molecule has 2 aliphatic rings. The largest absolute Gasteiger partial charge is 0.350 e. The minimum Gasteiger partial charge on any atom is -0.350 e. The van der Waals surface area contributed by atoms with Crippen LogP contribution in [-0.4, -0.2) is 24.8 Å². The monoisotopic (exact) mass is 272 g/mol. The molecule has 0 amide bonds. The standard InChI is InChI=1S/C10H15O3.Y/c1-7-5-10(12-3-4-13-10)6-8(2)9(7)11;/h7H,3-6H2,1-2H3;/q-1;. The van der Waals surface area contributed by atoms with Crippen molar-refractivity contribution >= 4 is 5.78 Å². The van der Waals surface area contributed by atoms with Gasteiger partial charge in [0.15, 0.2) is 0 Å². The number of hydrogen-bond acceptors (Lipinski definition) is 3. The number of ketones is 1. The summed E-state index contributed by atoms with van der Waals surface area (Å²) in [7, 11) is 0. The van der Waals surface area contributed by atoms with Crippen LogP contribution in [0.3, 0.4) is 0 Å². The summed E-state index contributed by atoms with van der Waals surface area (Å²) in [5.41, 5.74) is 0. The van der Waals surface area contributed by atoms with Crippen molar-refractivity contribution in [3.63, 3.8) is 0 Å². The molecule has 1 spiro atoms. The topological polar surface area (TPSA) is 35.5 Å². The molecule has 77 valence electrons. The molecular weight excluding hydrogens is 257 g/mol. The van der Waals surface area contributed by atoms with E-state index < -0.39 is 5.79 Å². The van der Waals surface area contributed by atoms with Crippen LogP contribution in [0.25, 0.3) is 0 Å². The zero-order valence-electron chi connectivity index (χ0n) is 8.71. The molecule has 0 bridgehead atoms. The number of carbonyl (C=O) groups is 1. The van der Waals surface area contributed by atoms with Gasteiger partial charge in [0.2, 0.25) is 0 Å². The molecule has 1 saturated carbocycles. The van der Waals surface area contributed by atoms with E-state index in [1.807, 2.05) is 13.8 Å². The maximum absolute atomic E-state index is 11.5. The quantitative estimate of drug-likeness (QED) is 0.624. The van der Waals surface area contributed by atoms with Crippen molar-refractivity contribution in [2.45, 2.75) is 32.5 Å². The van der Waals surface area contributed by atoms with E-state index in [0.717, 1.165) is 5.92 Å². The van der Waals surface area contributed by atoms with Crippen molar-refractivity contribution in [3.8, 4) is 0 Å². The van der Waals surface area contributed by atoms with Crippen molar-refractivity contribution in [3.05, 3.63) is 5.92 Å². The van der Waals surface area contributed by atoms with Gasteiger partial charge in [-0.25, -0.2) is 0 Å². The summed E-state index contributed by atoms with van der Waals surface area (Å²) in [6.45, 7) is 5.14. The summed E-state index contributed by atoms with van der Waals surface area (Å²) < 4.78 is 11.2. The Morgan fingerprint density at radius 2 is 2.00 bits per heavy atom. The zero-order chi connectivity index (χ0) is 9.47. The van der Waals surface area contributed by atoms with Gasteiger partial charge in [-0.05, 0) is 5.92 Å². The maximum atomic E-state index is 11.5. The Hall–Kier alpha value is 0.564. The Labute approximate surface area is 110 Å². The summed E-state index contributed by atoms with van der Waals surface area (Å²) >= 11 is 0. The summed E-state index contributed by atoms with van der Waals surface area (Å²) in [5.74, 6) is 0.745. The molecular formula is C10H15O3Y-. The summed E-state index contributed by atoms with van der Waals surface area (Å²) in [6.07, 6.45) is 1.36. The molecule has 1 aliphatic heterocycles. The van der Waals surface area contributed by atoms with Gasteiger partial charge in [0.25, 0.3) is 0 Å². The SMILES string of the molecule is C[C-]1CC2(CC(C)C1=O)OCCO2.[Y]. The number of ether oxygens (including phenoxy) is 2. The first-order valence-corrected chi connectivity index (χ1v) is 4.77. The smallest absolute Gasteiger partial charge is 0.145 e. The van der Waals surface area contributed by atoms with Crippen LogP contribution in [0.1, 0.15) is 26.7 Å². The van der Waals surface area contributed by atoms with E-state index in [4.69, 9.17) is 9.47 Å². The molecule has 0 N–H and O–H groups in total. The molecule has 4 heteroatoms. The second-order valence-corrected chi connectivity index (χ2v) is 4.03. The predicted molar refractivity (Wildman–Crippen MR) is 47.0 cm³/mol.